The topological polar surface area (TPSA) is 62.3 Å². The van der Waals surface area contributed by atoms with Gasteiger partial charge in [-0.25, -0.2) is 4.98 Å². The molecule has 1 saturated heterocycles. The second-order valence-corrected chi connectivity index (χ2v) is 8.21. The number of nitrogens with zero attached hydrogens (tertiary/aromatic N) is 2. The van der Waals surface area contributed by atoms with E-state index >= 15 is 0 Å². The number of aryl methyl sites for hydroxylation is 2. The Morgan fingerprint density at radius 2 is 2.15 bits per heavy atom. The van der Waals surface area contributed by atoms with Gasteiger partial charge in [-0.2, -0.15) is 0 Å². The third-order valence-corrected chi connectivity index (χ3v) is 6.06. The number of amides is 2. The molecule has 1 N–H and O–H groups in total. The van der Waals surface area contributed by atoms with Gasteiger partial charge in [0.25, 0.3) is 5.91 Å². The van der Waals surface area contributed by atoms with E-state index in [1.807, 2.05) is 36.9 Å². The third kappa shape index (κ3) is 4.95. The first kappa shape index (κ1) is 19.5. The van der Waals surface area contributed by atoms with Crippen molar-refractivity contribution in [2.45, 2.75) is 46.0 Å². The average molecular weight is 386 g/mol. The van der Waals surface area contributed by atoms with Crippen LogP contribution < -0.4 is 5.32 Å². The maximum absolute atomic E-state index is 13.0. The molecule has 1 atom stereocenters. The number of carbonyl (C=O) groups is 2. The Morgan fingerprint density at radius 1 is 1.33 bits per heavy atom. The summed E-state index contributed by atoms with van der Waals surface area (Å²) >= 11 is 1.67. The van der Waals surface area contributed by atoms with Crippen LogP contribution in [0.3, 0.4) is 0 Å². The second-order valence-electron chi connectivity index (χ2n) is 7.32. The van der Waals surface area contributed by atoms with Crippen molar-refractivity contribution in [1.82, 2.24) is 15.2 Å². The van der Waals surface area contributed by atoms with Gasteiger partial charge in [0, 0.05) is 49.8 Å². The summed E-state index contributed by atoms with van der Waals surface area (Å²) in [5.41, 5.74) is 3.97. The number of hydrogen-bond acceptors (Lipinski definition) is 4. The summed E-state index contributed by atoms with van der Waals surface area (Å²) < 4.78 is 0. The molecule has 5 nitrogen and oxygen atoms in total. The van der Waals surface area contributed by atoms with Gasteiger partial charge in [-0.15, -0.1) is 11.3 Å². The van der Waals surface area contributed by atoms with Crippen LogP contribution in [0.4, 0.5) is 0 Å². The van der Waals surface area contributed by atoms with E-state index in [-0.39, 0.29) is 11.8 Å². The van der Waals surface area contributed by atoms with Crippen molar-refractivity contribution in [1.29, 1.82) is 0 Å². The molecular weight excluding hydrogens is 358 g/mol. The van der Waals surface area contributed by atoms with Gasteiger partial charge in [-0.1, -0.05) is 17.7 Å². The maximum Gasteiger partial charge on any atom is 0.254 e. The summed E-state index contributed by atoms with van der Waals surface area (Å²) in [5.74, 6) is 0.411. The fourth-order valence-corrected chi connectivity index (χ4v) is 4.47. The minimum atomic E-state index is -0.0154. The van der Waals surface area contributed by atoms with Crippen molar-refractivity contribution in [2.24, 2.45) is 0 Å². The number of piperidine rings is 1. The van der Waals surface area contributed by atoms with Gasteiger partial charge < -0.3 is 10.2 Å². The number of benzene rings is 1. The Labute approximate surface area is 164 Å². The van der Waals surface area contributed by atoms with Crippen LogP contribution in [0, 0.1) is 13.8 Å². The van der Waals surface area contributed by atoms with Crippen LogP contribution in [0.2, 0.25) is 0 Å². The quantitative estimate of drug-likeness (QED) is 0.857. The molecule has 2 amide bonds. The average Bonchev–Trinajstić information content (AvgIpc) is 3.12. The van der Waals surface area contributed by atoms with E-state index in [9.17, 15) is 9.59 Å². The molecule has 0 radical (unpaired) electrons. The first-order valence-electron chi connectivity index (χ1n) is 9.49. The summed E-state index contributed by atoms with van der Waals surface area (Å²) in [4.78, 5) is 30.7. The summed E-state index contributed by atoms with van der Waals surface area (Å²) in [6.45, 7) is 7.69. The van der Waals surface area contributed by atoms with Gasteiger partial charge in [0.1, 0.15) is 0 Å². The zero-order valence-electron chi connectivity index (χ0n) is 16.2. The molecule has 27 heavy (non-hydrogen) atoms. The Bertz CT molecular complexity index is 831. The lowest BCUT2D eigenvalue weighted by Gasteiger charge is -2.32. The molecule has 0 bridgehead atoms. The van der Waals surface area contributed by atoms with Crippen LogP contribution >= 0.6 is 11.3 Å². The number of nitrogens with one attached hydrogen (secondary N) is 1. The highest BCUT2D eigenvalue weighted by molar-refractivity contribution is 7.09. The van der Waals surface area contributed by atoms with Crippen LogP contribution in [0.1, 0.15) is 57.9 Å². The highest BCUT2D eigenvalue weighted by atomic mass is 32.1. The fourth-order valence-electron chi connectivity index (χ4n) is 3.49. The molecule has 0 aliphatic carbocycles. The zero-order chi connectivity index (χ0) is 19.4. The minimum absolute atomic E-state index is 0.0154. The summed E-state index contributed by atoms with van der Waals surface area (Å²) in [7, 11) is 0. The normalized spacial score (nSPS) is 17.0. The van der Waals surface area contributed by atoms with Gasteiger partial charge in [-0.3, -0.25) is 9.59 Å². The van der Waals surface area contributed by atoms with Gasteiger partial charge in [0.05, 0.1) is 10.7 Å². The predicted molar refractivity (Wildman–Crippen MR) is 108 cm³/mol. The van der Waals surface area contributed by atoms with Gasteiger partial charge in [0.2, 0.25) is 5.91 Å². The fraction of sp³-hybridized carbons (Fsp3) is 0.476. The van der Waals surface area contributed by atoms with Crippen LogP contribution in [0.5, 0.6) is 0 Å². The molecule has 144 valence electrons. The van der Waals surface area contributed by atoms with E-state index in [0.717, 1.165) is 59.7 Å². The lowest BCUT2D eigenvalue weighted by molar-refractivity contribution is -0.118. The number of aromatic nitrogens is 1. The van der Waals surface area contributed by atoms with E-state index in [2.05, 4.69) is 10.7 Å². The number of carbonyl (C=O) groups excluding carboxylic acids is 2. The molecule has 1 aromatic carbocycles. The lowest BCUT2D eigenvalue weighted by atomic mass is 9.97. The summed E-state index contributed by atoms with van der Waals surface area (Å²) in [6.07, 6.45) is 2.81. The van der Waals surface area contributed by atoms with Crippen LogP contribution in [-0.4, -0.2) is 41.3 Å². The van der Waals surface area contributed by atoms with E-state index in [1.165, 1.54) is 6.92 Å². The molecule has 6 heteroatoms. The third-order valence-electron chi connectivity index (χ3n) is 5.01. The molecular formula is C21H27N3O2S. The van der Waals surface area contributed by atoms with Crippen molar-refractivity contribution < 1.29 is 9.59 Å². The zero-order valence-corrected chi connectivity index (χ0v) is 17.1. The molecule has 1 aliphatic heterocycles. The van der Waals surface area contributed by atoms with E-state index in [0.29, 0.717) is 12.5 Å². The molecule has 1 aliphatic rings. The van der Waals surface area contributed by atoms with Crippen molar-refractivity contribution in [3.05, 3.63) is 51.0 Å². The van der Waals surface area contributed by atoms with E-state index in [1.54, 1.807) is 11.3 Å². The van der Waals surface area contributed by atoms with Crippen LogP contribution in [0.25, 0.3) is 0 Å². The van der Waals surface area contributed by atoms with Crippen LogP contribution in [0.15, 0.2) is 23.6 Å². The number of rotatable bonds is 5. The highest BCUT2D eigenvalue weighted by Gasteiger charge is 2.28. The summed E-state index contributed by atoms with van der Waals surface area (Å²) in [5, 5.41) is 5.98. The van der Waals surface area contributed by atoms with Gasteiger partial charge in [0.15, 0.2) is 0 Å². The van der Waals surface area contributed by atoms with Crippen molar-refractivity contribution in [3.63, 3.8) is 0 Å². The monoisotopic (exact) mass is 385 g/mol. The Morgan fingerprint density at radius 3 is 2.93 bits per heavy atom. The SMILES string of the molecule is CC(=O)NCCc1csc(C2CCCN(C(=O)c3cc(C)ccc3C)C2)n1. The summed E-state index contributed by atoms with van der Waals surface area (Å²) in [6, 6.07) is 6.06. The number of likely N-dealkylation sites (tertiary alicyclic amines) is 1. The minimum Gasteiger partial charge on any atom is -0.356 e. The Kier molecular flexibility index (Phi) is 6.26. The highest BCUT2D eigenvalue weighted by Crippen LogP contribution is 2.30. The molecule has 1 fully saturated rings. The standard InChI is InChI=1S/C21H27N3O2S/c1-14-6-7-15(2)19(11-14)21(26)24-10-4-5-17(12-24)20-23-18(13-27-20)8-9-22-16(3)25/h6-7,11,13,17H,4-5,8-10,12H2,1-3H3,(H,22,25). The number of hydrogen-bond donors (Lipinski definition) is 1. The van der Waals surface area contributed by atoms with Crippen molar-refractivity contribution in [3.8, 4) is 0 Å². The second kappa shape index (κ2) is 8.65. The molecule has 1 unspecified atom stereocenters. The van der Waals surface area contributed by atoms with Gasteiger partial charge in [-0.05, 0) is 38.3 Å². The molecule has 2 aromatic rings. The molecule has 3 rings (SSSR count). The molecule has 2 heterocycles. The van der Waals surface area contributed by atoms with Crippen molar-refractivity contribution >= 4 is 23.2 Å². The largest absolute Gasteiger partial charge is 0.356 e. The predicted octanol–water partition coefficient (Wildman–Crippen LogP) is 3.46. The first-order valence-corrected chi connectivity index (χ1v) is 10.4. The maximum atomic E-state index is 13.0. The van der Waals surface area contributed by atoms with Gasteiger partial charge >= 0.3 is 0 Å². The van der Waals surface area contributed by atoms with Crippen LogP contribution in [-0.2, 0) is 11.2 Å². The Balaban J connectivity index is 1.65. The Hall–Kier alpha value is -2.21. The molecule has 0 spiro atoms. The molecule has 1 aromatic heterocycles. The number of thiazole rings is 1. The van der Waals surface area contributed by atoms with Crippen molar-refractivity contribution in [2.75, 3.05) is 19.6 Å². The smallest absolute Gasteiger partial charge is 0.254 e. The first-order chi connectivity index (χ1) is 12.9. The van der Waals surface area contributed by atoms with E-state index in [4.69, 9.17) is 4.98 Å². The van der Waals surface area contributed by atoms with E-state index < -0.39 is 0 Å². The molecule has 0 saturated carbocycles. The lowest BCUT2D eigenvalue weighted by Crippen LogP contribution is -2.39.